The lowest BCUT2D eigenvalue weighted by Crippen LogP contribution is -2.60. The van der Waals surface area contributed by atoms with Gasteiger partial charge in [-0.2, -0.15) is 0 Å². The summed E-state index contributed by atoms with van der Waals surface area (Å²) in [4.78, 5) is 2.74. The SMILES string of the molecule is CC.CSNCC1(N2CCNCC2)CCCCC1. The quantitative estimate of drug-likeness (QED) is 0.770. The van der Waals surface area contributed by atoms with Crippen LogP contribution in [0, 0.1) is 0 Å². The summed E-state index contributed by atoms with van der Waals surface area (Å²) in [6, 6.07) is 0. The highest BCUT2D eigenvalue weighted by molar-refractivity contribution is 7.96. The molecular weight excluding hydrogens is 242 g/mol. The summed E-state index contributed by atoms with van der Waals surface area (Å²) in [5, 5.41) is 3.46. The van der Waals surface area contributed by atoms with Crippen molar-refractivity contribution >= 4 is 11.9 Å². The normalized spacial score (nSPS) is 24.2. The Hall–Kier alpha value is 0.230. The highest BCUT2D eigenvalue weighted by Crippen LogP contribution is 2.33. The van der Waals surface area contributed by atoms with Crippen LogP contribution in [0.2, 0.25) is 0 Å². The number of nitrogens with one attached hydrogen (secondary N) is 2. The van der Waals surface area contributed by atoms with E-state index in [1.54, 1.807) is 11.9 Å². The second kappa shape index (κ2) is 9.18. The Morgan fingerprint density at radius 1 is 1.11 bits per heavy atom. The molecule has 1 heterocycles. The zero-order valence-corrected chi connectivity index (χ0v) is 13.2. The predicted molar refractivity (Wildman–Crippen MR) is 83.1 cm³/mol. The van der Waals surface area contributed by atoms with E-state index >= 15 is 0 Å². The molecule has 108 valence electrons. The number of hydrogen-bond acceptors (Lipinski definition) is 4. The van der Waals surface area contributed by atoms with Crippen molar-refractivity contribution in [3.8, 4) is 0 Å². The van der Waals surface area contributed by atoms with Crippen LogP contribution >= 0.6 is 11.9 Å². The molecule has 0 radical (unpaired) electrons. The van der Waals surface area contributed by atoms with Crippen molar-refractivity contribution in [1.82, 2.24) is 14.9 Å². The zero-order chi connectivity index (χ0) is 13.3. The maximum absolute atomic E-state index is 3.51. The van der Waals surface area contributed by atoms with Gasteiger partial charge in [-0.15, -0.1) is 0 Å². The number of rotatable bonds is 4. The molecule has 0 amide bonds. The lowest BCUT2D eigenvalue weighted by Gasteiger charge is -2.48. The number of nitrogens with zero attached hydrogens (tertiary/aromatic N) is 1. The molecule has 0 aromatic rings. The summed E-state index contributed by atoms with van der Waals surface area (Å²) in [5.74, 6) is 0. The summed E-state index contributed by atoms with van der Waals surface area (Å²) < 4.78 is 3.51. The van der Waals surface area contributed by atoms with Crippen molar-refractivity contribution in [3.05, 3.63) is 0 Å². The van der Waals surface area contributed by atoms with E-state index in [0.717, 1.165) is 6.54 Å². The van der Waals surface area contributed by atoms with E-state index in [2.05, 4.69) is 21.2 Å². The van der Waals surface area contributed by atoms with Gasteiger partial charge in [0.25, 0.3) is 0 Å². The molecule has 18 heavy (non-hydrogen) atoms. The first-order valence-corrected chi connectivity index (χ1v) is 8.81. The second-order valence-electron chi connectivity index (χ2n) is 5.05. The molecule has 1 saturated heterocycles. The molecule has 0 aromatic carbocycles. The van der Waals surface area contributed by atoms with E-state index in [1.807, 2.05) is 13.8 Å². The van der Waals surface area contributed by atoms with Crippen molar-refractivity contribution in [1.29, 1.82) is 0 Å². The highest BCUT2D eigenvalue weighted by atomic mass is 32.2. The van der Waals surface area contributed by atoms with Gasteiger partial charge in [0.1, 0.15) is 0 Å². The Morgan fingerprint density at radius 3 is 2.28 bits per heavy atom. The fourth-order valence-corrected chi connectivity index (χ4v) is 3.57. The molecule has 3 nitrogen and oxygen atoms in total. The lowest BCUT2D eigenvalue weighted by atomic mass is 9.80. The fourth-order valence-electron chi connectivity index (χ4n) is 3.16. The second-order valence-corrected chi connectivity index (χ2v) is 5.74. The molecule has 4 heteroatoms. The topological polar surface area (TPSA) is 27.3 Å². The van der Waals surface area contributed by atoms with Gasteiger partial charge < -0.3 is 5.32 Å². The molecule has 1 aliphatic heterocycles. The third-order valence-electron chi connectivity index (χ3n) is 4.12. The van der Waals surface area contributed by atoms with E-state index in [0.29, 0.717) is 5.54 Å². The van der Waals surface area contributed by atoms with Crippen LogP contribution in [-0.4, -0.2) is 49.4 Å². The standard InChI is InChI=1S/C12H25N3S.C2H6/c1-16-14-11-12(5-3-2-4-6-12)15-9-7-13-8-10-15;1-2/h13-14H,2-11H2,1H3;1-2H3. The molecule has 2 N–H and O–H groups in total. The molecule has 0 aromatic heterocycles. The summed E-state index contributed by atoms with van der Waals surface area (Å²) in [7, 11) is 0. The average Bonchev–Trinajstić information content (AvgIpc) is 2.49. The Morgan fingerprint density at radius 2 is 1.72 bits per heavy atom. The van der Waals surface area contributed by atoms with E-state index < -0.39 is 0 Å². The van der Waals surface area contributed by atoms with Crippen molar-refractivity contribution in [2.75, 3.05) is 39.0 Å². The van der Waals surface area contributed by atoms with Crippen LogP contribution in [0.15, 0.2) is 0 Å². The molecule has 0 unspecified atom stereocenters. The van der Waals surface area contributed by atoms with Crippen molar-refractivity contribution < 1.29 is 0 Å². The zero-order valence-electron chi connectivity index (χ0n) is 12.4. The monoisotopic (exact) mass is 273 g/mol. The third kappa shape index (κ3) is 4.41. The maximum atomic E-state index is 3.51. The van der Waals surface area contributed by atoms with Crippen molar-refractivity contribution in [2.24, 2.45) is 0 Å². The largest absolute Gasteiger partial charge is 0.314 e. The molecule has 2 rings (SSSR count). The van der Waals surface area contributed by atoms with Gasteiger partial charge in [-0.3, -0.25) is 9.62 Å². The van der Waals surface area contributed by atoms with Gasteiger partial charge in [-0.05, 0) is 19.1 Å². The Kier molecular flexibility index (Phi) is 8.31. The minimum Gasteiger partial charge on any atom is -0.314 e. The molecule has 1 saturated carbocycles. The predicted octanol–water partition coefficient (Wildman–Crippen LogP) is 2.49. The maximum Gasteiger partial charge on any atom is 0.0344 e. The van der Waals surface area contributed by atoms with Crippen LogP contribution in [0.5, 0.6) is 0 Å². The Balaban J connectivity index is 0.000000771. The summed E-state index contributed by atoms with van der Waals surface area (Å²) in [6.07, 6.45) is 9.18. The van der Waals surface area contributed by atoms with Crippen LogP contribution in [0.1, 0.15) is 46.0 Å². The van der Waals surface area contributed by atoms with Gasteiger partial charge in [0.05, 0.1) is 0 Å². The minimum absolute atomic E-state index is 0.462. The van der Waals surface area contributed by atoms with Crippen LogP contribution in [0.3, 0.4) is 0 Å². The van der Waals surface area contributed by atoms with Crippen LogP contribution in [-0.2, 0) is 0 Å². The Bertz CT molecular complexity index is 199. The number of hydrogen-bond donors (Lipinski definition) is 2. The molecule has 0 spiro atoms. The smallest absolute Gasteiger partial charge is 0.0344 e. The van der Waals surface area contributed by atoms with E-state index in [1.165, 1.54) is 58.3 Å². The van der Waals surface area contributed by atoms with Crippen molar-refractivity contribution in [2.45, 2.75) is 51.5 Å². The van der Waals surface area contributed by atoms with Crippen LogP contribution < -0.4 is 10.0 Å². The van der Waals surface area contributed by atoms with Gasteiger partial charge in [0, 0.05) is 38.3 Å². The molecule has 0 atom stereocenters. The summed E-state index contributed by atoms with van der Waals surface area (Å²) in [6.45, 7) is 9.96. The lowest BCUT2D eigenvalue weighted by molar-refractivity contribution is 0.0439. The van der Waals surface area contributed by atoms with Gasteiger partial charge in [0.2, 0.25) is 0 Å². The molecule has 1 aliphatic carbocycles. The third-order valence-corrected chi connectivity index (χ3v) is 4.55. The highest BCUT2D eigenvalue weighted by Gasteiger charge is 2.37. The van der Waals surface area contributed by atoms with E-state index in [9.17, 15) is 0 Å². The summed E-state index contributed by atoms with van der Waals surface area (Å²) in [5.41, 5.74) is 0.462. The van der Waals surface area contributed by atoms with Crippen LogP contribution in [0.25, 0.3) is 0 Å². The first-order valence-electron chi connectivity index (χ1n) is 7.59. The van der Waals surface area contributed by atoms with Crippen LogP contribution in [0.4, 0.5) is 0 Å². The van der Waals surface area contributed by atoms with E-state index in [-0.39, 0.29) is 0 Å². The van der Waals surface area contributed by atoms with Gasteiger partial charge in [0.15, 0.2) is 0 Å². The summed E-state index contributed by atoms with van der Waals surface area (Å²) >= 11 is 1.77. The first-order chi connectivity index (χ1) is 8.87. The fraction of sp³-hybridized carbons (Fsp3) is 1.00. The average molecular weight is 273 g/mol. The molecular formula is C14H31N3S. The molecule has 2 fully saturated rings. The Labute approximate surface area is 118 Å². The van der Waals surface area contributed by atoms with Gasteiger partial charge in [-0.25, -0.2) is 0 Å². The van der Waals surface area contributed by atoms with Gasteiger partial charge >= 0.3 is 0 Å². The molecule has 0 bridgehead atoms. The minimum atomic E-state index is 0.462. The van der Waals surface area contributed by atoms with E-state index in [4.69, 9.17) is 0 Å². The molecule has 2 aliphatic rings. The number of piperazine rings is 1. The van der Waals surface area contributed by atoms with Crippen molar-refractivity contribution in [3.63, 3.8) is 0 Å². The van der Waals surface area contributed by atoms with Gasteiger partial charge in [-0.1, -0.05) is 45.1 Å². The first kappa shape index (κ1) is 16.3.